The normalized spacial score (nSPS) is 20.1. The summed E-state index contributed by atoms with van der Waals surface area (Å²) >= 11 is 0. The molecule has 6 heteroatoms. The smallest absolute Gasteiger partial charge is 0.340 e. The lowest BCUT2D eigenvalue weighted by atomic mass is 9.89. The maximum atomic E-state index is 13.4. The van der Waals surface area contributed by atoms with Gasteiger partial charge in [-0.1, -0.05) is 26.0 Å². The molecule has 3 heterocycles. The van der Waals surface area contributed by atoms with E-state index >= 15 is 0 Å². The van der Waals surface area contributed by atoms with Crippen LogP contribution in [0.25, 0.3) is 11.1 Å². The number of aliphatic hydroxyl groups excluding tert-OH is 1. The summed E-state index contributed by atoms with van der Waals surface area (Å²) < 4.78 is 12.9. The Morgan fingerprint density at radius 2 is 1.97 bits per heavy atom. The molecule has 0 bridgehead atoms. The first kappa shape index (κ1) is 24.0. The number of carbonyl (C=O) groups is 1. The topological polar surface area (TPSA) is 77.8 Å². The second-order valence-corrected chi connectivity index (χ2v) is 9.89. The number of benzene rings is 1. The number of esters is 1. The molecule has 0 amide bonds. The van der Waals surface area contributed by atoms with Gasteiger partial charge in [-0.15, -0.1) is 0 Å². The van der Waals surface area contributed by atoms with Crippen LogP contribution in [0.15, 0.2) is 40.7 Å². The molecule has 0 saturated heterocycles. The fraction of sp³-hybridized carbons (Fsp3) is 0.429. The highest BCUT2D eigenvalue weighted by Gasteiger charge is 2.34. The number of ether oxygens (including phenoxy) is 2. The molecule has 34 heavy (non-hydrogen) atoms. The highest BCUT2D eigenvalue weighted by Crippen LogP contribution is 2.41. The summed E-state index contributed by atoms with van der Waals surface area (Å²) in [6, 6.07) is 7.94. The second-order valence-electron chi connectivity index (χ2n) is 9.89. The minimum Gasteiger partial charge on any atom is -0.488 e. The van der Waals surface area contributed by atoms with Crippen LogP contribution in [0.5, 0.6) is 5.75 Å². The Morgan fingerprint density at radius 1 is 1.24 bits per heavy atom. The van der Waals surface area contributed by atoms with Crippen molar-refractivity contribution in [3.8, 4) is 5.75 Å². The Hall–Kier alpha value is -3.12. The molecule has 2 aliphatic rings. The van der Waals surface area contributed by atoms with Gasteiger partial charge < -0.3 is 19.1 Å². The number of hydrogen-bond donors (Lipinski definition) is 1. The van der Waals surface area contributed by atoms with Crippen molar-refractivity contribution >= 4 is 17.1 Å². The van der Waals surface area contributed by atoms with Crippen LogP contribution in [-0.2, 0) is 22.7 Å². The predicted molar refractivity (Wildman–Crippen MR) is 132 cm³/mol. The van der Waals surface area contributed by atoms with Gasteiger partial charge in [-0.05, 0) is 86.6 Å². The first-order valence-electron chi connectivity index (χ1n) is 11.9. The Balaban J connectivity index is 1.91. The molecule has 1 aromatic carbocycles. The molecular weight excluding hydrogens is 430 g/mol. The fourth-order valence-corrected chi connectivity index (χ4v) is 4.82. The summed E-state index contributed by atoms with van der Waals surface area (Å²) in [7, 11) is 0. The van der Waals surface area contributed by atoms with Crippen molar-refractivity contribution in [2.24, 2.45) is 0 Å². The lowest BCUT2D eigenvalue weighted by Gasteiger charge is -2.23. The standard InChI is InChI=1S/C28H33NO5/c1-7-9-19-22(18(8-2)20-12-17(11-10-16(20)3)34-28(4,5)6)14-29-24(19)13-21-23(26(29)31)15-33-27(32)25(21)30/h9-13,25,30H,7-8,14-15H2,1-6H3/b19-9?,22-18-. The van der Waals surface area contributed by atoms with Crippen molar-refractivity contribution in [3.05, 3.63) is 74.2 Å². The van der Waals surface area contributed by atoms with Crippen molar-refractivity contribution in [1.82, 2.24) is 4.57 Å². The van der Waals surface area contributed by atoms with Gasteiger partial charge in [0.25, 0.3) is 5.56 Å². The Labute approximate surface area is 200 Å². The molecule has 0 spiro atoms. The number of aryl methyl sites for hydroxylation is 1. The van der Waals surface area contributed by atoms with Crippen LogP contribution >= 0.6 is 0 Å². The predicted octanol–water partition coefficient (Wildman–Crippen LogP) is 5.10. The SMILES string of the molecule is CCC=C1/C(=C(/CC)c2cc(OC(C)(C)C)ccc2C)Cn2c1cc1c(c2=O)COC(=O)C1O. The number of cyclic esters (lactones) is 1. The van der Waals surface area contributed by atoms with Gasteiger partial charge in [0.15, 0.2) is 6.10 Å². The number of pyridine rings is 1. The molecule has 0 fully saturated rings. The molecule has 2 aromatic rings. The Morgan fingerprint density at radius 3 is 2.62 bits per heavy atom. The summed E-state index contributed by atoms with van der Waals surface area (Å²) in [5.41, 5.74) is 6.37. The summed E-state index contributed by atoms with van der Waals surface area (Å²) in [5, 5.41) is 10.4. The van der Waals surface area contributed by atoms with Crippen LogP contribution in [0, 0.1) is 6.92 Å². The molecule has 6 nitrogen and oxygen atoms in total. The molecule has 180 valence electrons. The molecule has 1 aromatic heterocycles. The molecule has 0 aliphatic carbocycles. The molecule has 1 atom stereocenters. The van der Waals surface area contributed by atoms with Crippen molar-refractivity contribution in [1.29, 1.82) is 0 Å². The highest BCUT2D eigenvalue weighted by molar-refractivity contribution is 5.92. The summed E-state index contributed by atoms with van der Waals surface area (Å²) in [6.07, 6.45) is 2.26. The van der Waals surface area contributed by atoms with Crippen LogP contribution in [0.1, 0.15) is 81.5 Å². The average molecular weight is 464 g/mol. The summed E-state index contributed by atoms with van der Waals surface area (Å²) in [6.45, 7) is 12.7. The monoisotopic (exact) mass is 463 g/mol. The van der Waals surface area contributed by atoms with E-state index in [2.05, 4.69) is 39.0 Å². The fourth-order valence-electron chi connectivity index (χ4n) is 4.82. The molecule has 0 radical (unpaired) electrons. The van der Waals surface area contributed by atoms with E-state index < -0.39 is 12.1 Å². The first-order valence-corrected chi connectivity index (χ1v) is 11.9. The van der Waals surface area contributed by atoms with E-state index in [0.717, 1.165) is 52.1 Å². The van der Waals surface area contributed by atoms with Crippen molar-refractivity contribution in [3.63, 3.8) is 0 Å². The van der Waals surface area contributed by atoms with Gasteiger partial charge in [0.2, 0.25) is 0 Å². The zero-order chi connectivity index (χ0) is 24.8. The van der Waals surface area contributed by atoms with Crippen LogP contribution in [0.2, 0.25) is 0 Å². The molecule has 1 unspecified atom stereocenters. The van der Waals surface area contributed by atoms with Gasteiger partial charge in [0.1, 0.15) is 18.0 Å². The van der Waals surface area contributed by atoms with Crippen LogP contribution < -0.4 is 10.3 Å². The number of allylic oxidation sites excluding steroid dienone is 4. The van der Waals surface area contributed by atoms with Gasteiger partial charge in [0.05, 0.1) is 17.8 Å². The van der Waals surface area contributed by atoms with E-state index in [1.54, 1.807) is 10.6 Å². The number of rotatable bonds is 4. The van der Waals surface area contributed by atoms with Gasteiger partial charge in [-0.2, -0.15) is 0 Å². The van der Waals surface area contributed by atoms with E-state index in [9.17, 15) is 14.7 Å². The minimum atomic E-state index is -1.43. The maximum absolute atomic E-state index is 13.4. The summed E-state index contributed by atoms with van der Waals surface area (Å²) in [4.78, 5) is 25.3. The number of nitrogens with zero attached hydrogens (tertiary/aromatic N) is 1. The van der Waals surface area contributed by atoms with E-state index in [1.165, 1.54) is 0 Å². The van der Waals surface area contributed by atoms with E-state index in [1.807, 2.05) is 26.8 Å². The van der Waals surface area contributed by atoms with E-state index in [-0.39, 0.29) is 17.8 Å². The molecule has 4 rings (SSSR count). The van der Waals surface area contributed by atoms with Gasteiger partial charge >= 0.3 is 5.97 Å². The van der Waals surface area contributed by atoms with E-state index in [0.29, 0.717) is 17.7 Å². The van der Waals surface area contributed by atoms with Crippen molar-refractivity contribution in [2.45, 2.75) is 79.2 Å². The highest BCUT2D eigenvalue weighted by atomic mass is 16.5. The second kappa shape index (κ2) is 8.91. The van der Waals surface area contributed by atoms with Crippen molar-refractivity contribution < 1.29 is 19.4 Å². The van der Waals surface area contributed by atoms with E-state index in [4.69, 9.17) is 9.47 Å². The zero-order valence-corrected chi connectivity index (χ0v) is 20.8. The summed E-state index contributed by atoms with van der Waals surface area (Å²) in [5.74, 6) is 0.0924. The average Bonchev–Trinajstić information content (AvgIpc) is 3.12. The van der Waals surface area contributed by atoms with Crippen LogP contribution in [-0.4, -0.2) is 21.2 Å². The Kier molecular flexibility index (Phi) is 6.30. The molecule has 0 saturated carbocycles. The number of aromatic nitrogens is 1. The number of hydrogen-bond acceptors (Lipinski definition) is 5. The third-order valence-corrected chi connectivity index (χ3v) is 6.31. The van der Waals surface area contributed by atoms with Crippen molar-refractivity contribution in [2.75, 3.05) is 0 Å². The quantitative estimate of drug-likeness (QED) is 0.639. The molecular formula is C28H33NO5. The third kappa shape index (κ3) is 4.23. The molecule has 2 aliphatic heterocycles. The van der Waals surface area contributed by atoms with Gasteiger partial charge in [-0.25, -0.2) is 4.79 Å². The lowest BCUT2D eigenvalue weighted by molar-refractivity contribution is -0.157. The largest absolute Gasteiger partial charge is 0.488 e. The number of carbonyl (C=O) groups excluding carboxylic acids is 1. The lowest BCUT2D eigenvalue weighted by Crippen LogP contribution is -2.32. The zero-order valence-electron chi connectivity index (χ0n) is 20.8. The van der Waals surface area contributed by atoms with Crippen LogP contribution in [0.3, 0.4) is 0 Å². The van der Waals surface area contributed by atoms with Gasteiger partial charge in [-0.3, -0.25) is 4.79 Å². The number of aliphatic hydroxyl groups is 1. The third-order valence-electron chi connectivity index (χ3n) is 6.31. The minimum absolute atomic E-state index is 0.109. The van der Waals surface area contributed by atoms with Crippen LogP contribution in [0.4, 0.5) is 0 Å². The number of fused-ring (bicyclic) bond motifs is 2. The maximum Gasteiger partial charge on any atom is 0.340 e. The van der Waals surface area contributed by atoms with Gasteiger partial charge in [0, 0.05) is 5.56 Å². The first-order chi connectivity index (χ1) is 16.1. The molecule has 1 N–H and O–H groups in total. The Bertz CT molecular complexity index is 1270.